The third-order valence-corrected chi connectivity index (χ3v) is 2.68. The second-order valence-corrected chi connectivity index (χ2v) is 4.25. The maximum absolute atomic E-state index is 11.9. The van der Waals surface area contributed by atoms with Crippen molar-refractivity contribution in [1.29, 1.82) is 0 Å². The summed E-state index contributed by atoms with van der Waals surface area (Å²) < 4.78 is 4.82. The van der Waals surface area contributed by atoms with E-state index in [0.29, 0.717) is 5.56 Å². The van der Waals surface area contributed by atoms with E-state index >= 15 is 0 Å². The topological polar surface area (TPSA) is 95.9 Å². The van der Waals surface area contributed by atoms with Gasteiger partial charge in [-0.25, -0.2) is 0 Å². The second-order valence-electron chi connectivity index (χ2n) is 4.25. The summed E-state index contributed by atoms with van der Waals surface area (Å²) in [6, 6.07) is 8.46. The van der Waals surface area contributed by atoms with Gasteiger partial charge in [0.25, 0.3) is 5.91 Å². The number of methoxy groups -OCH3 is 1. The number of benzene rings is 1. The van der Waals surface area contributed by atoms with Gasteiger partial charge in [0, 0.05) is 19.2 Å². The Hall–Kier alpha value is -2.41. The number of nitrogens with zero attached hydrogens (tertiary/aromatic N) is 1. The first-order valence-corrected chi connectivity index (χ1v) is 6.36. The van der Waals surface area contributed by atoms with Gasteiger partial charge in [-0.3, -0.25) is 14.4 Å². The van der Waals surface area contributed by atoms with E-state index in [-0.39, 0.29) is 25.6 Å². The van der Waals surface area contributed by atoms with Crippen molar-refractivity contribution < 1.29 is 24.2 Å². The number of amides is 2. The highest BCUT2D eigenvalue weighted by Crippen LogP contribution is 1.98. The molecular formula is C14H18N2O5. The van der Waals surface area contributed by atoms with Gasteiger partial charge in [0.1, 0.15) is 6.54 Å². The molecule has 0 aliphatic rings. The van der Waals surface area contributed by atoms with Crippen molar-refractivity contribution >= 4 is 17.8 Å². The molecule has 2 N–H and O–H groups in total. The molecule has 0 aromatic heterocycles. The van der Waals surface area contributed by atoms with E-state index in [1.54, 1.807) is 30.3 Å². The summed E-state index contributed by atoms with van der Waals surface area (Å²) in [6.07, 6.45) is 0. The van der Waals surface area contributed by atoms with Gasteiger partial charge in [-0.15, -0.1) is 0 Å². The van der Waals surface area contributed by atoms with Crippen molar-refractivity contribution in [3.05, 3.63) is 35.9 Å². The van der Waals surface area contributed by atoms with Crippen molar-refractivity contribution in [1.82, 2.24) is 10.2 Å². The molecule has 1 aromatic rings. The summed E-state index contributed by atoms with van der Waals surface area (Å²) >= 11 is 0. The van der Waals surface area contributed by atoms with Crippen LogP contribution < -0.4 is 5.32 Å². The molecule has 1 rings (SSSR count). The molecule has 1 aromatic carbocycles. The first kappa shape index (κ1) is 16.6. The molecule has 0 fully saturated rings. The molecule has 0 aliphatic carbocycles. The average molecular weight is 294 g/mol. The van der Waals surface area contributed by atoms with E-state index in [1.807, 2.05) is 0 Å². The standard InChI is InChI=1S/C14H18N2O5/c1-21-8-7-16(10-13(18)19)12(17)9-15-14(20)11-5-3-2-4-6-11/h2-6H,7-10H2,1H3,(H,15,20)(H,18,19). The maximum atomic E-state index is 11.9. The van der Waals surface area contributed by atoms with Crippen molar-refractivity contribution in [3.63, 3.8) is 0 Å². The zero-order valence-electron chi connectivity index (χ0n) is 11.7. The summed E-state index contributed by atoms with van der Waals surface area (Å²) in [6.45, 7) is -0.303. The Balaban J connectivity index is 2.52. The molecule has 114 valence electrons. The number of carbonyl (C=O) groups is 3. The molecular weight excluding hydrogens is 276 g/mol. The minimum atomic E-state index is -1.12. The molecule has 0 bridgehead atoms. The molecule has 0 saturated carbocycles. The Morgan fingerprint density at radius 1 is 1.24 bits per heavy atom. The van der Waals surface area contributed by atoms with Gasteiger partial charge in [-0.1, -0.05) is 18.2 Å². The van der Waals surface area contributed by atoms with E-state index in [1.165, 1.54) is 7.11 Å². The third kappa shape index (κ3) is 6.05. The third-order valence-electron chi connectivity index (χ3n) is 2.68. The monoisotopic (exact) mass is 294 g/mol. The van der Waals surface area contributed by atoms with Gasteiger partial charge in [-0.05, 0) is 12.1 Å². The summed E-state index contributed by atoms with van der Waals surface area (Å²) in [5, 5.41) is 11.2. The molecule has 0 heterocycles. The van der Waals surface area contributed by atoms with Crippen molar-refractivity contribution in [2.24, 2.45) is 0 Å². The number of nitrogens with one attached hydrogen (secondary N) is 1. The molecule has 0 atom stereocenters. The lowest BCUT2D eigenvalue weighted by Gasteiger charge is -2.20. The predicted octanol–water partition coefficient (Wildman–Crippen LogP) is -0.0240. The highest BCUT2D eigenvalue weighted by atomic mass is 16.5. The van der Waals surface area contributed by atoms with Crippen LogP contribution in [0, 0.1) is 0 Å². The quantitative estimate of drug-likeness (QED) is 0.702. The van der Waals surface area contributed by atoms with Crippen LogP contribution >= 0.6 is 0 Å². The first-order valence-electron chi connectivity index (χ1n) is 6.36. The molecule has 2 amide bonds. The lowest BCUT2D eigenvalue weighted by molar-refractivity contribution is -0.144. The zero-order chi connectivity index (χ0) is 15.7. The Morgan fingerprint density at radius 2 is 1.90 bits per heavy atom. The van der Waals surface area contributed by atoms with E-state index in [2.05, 4.69) is 5.32 Å². The van der Waals surface area contributed by atoms with Crippen molar-refractivity contribution in [3.8, 4) is 0 Å². The molecule has 7 nitrogen and oxygen atoms in total. The Bertz CT molecular complexity index is 489. The summed E-state index contributed by atoms with van der Waals surface area (Å²) in [5.41, 5.74) is 0.437. The van der Waals surface area contributed by atoms with E-state index in [4.69, 9.17) is 9.84 Å². The van der Waals surface area contributed by atoms with Crippen LogP contribution in [0.1, 0.15) is 10.4 Å². The number of carboxylic acid groups (broad SMARTS) is 1. The molecule has 0 spiro atoms. The SMILES string of the molecule is COCCN(CC(=O)O)C(=O)CNC(=O)c1ccccc1. The van der Waals surface area contributed by atoms with Crippen LogP contribution in [0.25, 0.3) is 0 Å². The van der Waals surface area contributed by atoms with Crippen LogP contribution in [0.3, 0.4) is 0 Å². The zero-order valence-corrected chi connectivity index (χ0v) is 11.7. The largest absolute Gasteiger partial charge is 0.480 e. The number of ether oxygens (including phenoxy) is 1. The highest BCUT2D eigenvalue weighted by molar-refractivity contribution is 5.96. The Labute approximate surface area is 122 Å². The Morgan fingerprint density at radius 3 is 2.48 bits per heavy atom. The number of carbonyl (C=O) groups excluding carboxylic acids is 2. The second kappa shape index (κ2) is 8.70. The molecule has 0 unspecified atom stereocenters. The fraction of sp³-hybridized carbons (Fsp3) is 0.357. The van der Waals surface area contributed by atoms with E-state index < -0.39 is 18.4 Å². The van der Waals surface area contributed by atoms with Gasteiger partial charge in [0.2, 0.25) is 5.91 Å². The lowest BCUT2D eigenvalue weighted by atomic mass is 10.2. The minimum absolute atomic E-state index is 0.156. The summed E-state index contributed by atoms with van der Waals surface area (Å²) in [7, 11) is 1.46. The average Bonchev–Trinajstić information content (AvgIpc) is 2.49. The lowest BCUT2D eigenvalue weighted by Crippen LogP contribution is -2.44. The van der Waals surface area contributed by atoms with Crippen LogP contribution in [0.2, 0.25) is 0 Å². The molecule has 0 saturated heterocycles. The number of hydrogen-bond acceptors (Lipinski definition) is 4. The number of aliphatic carboxylic acids is 1. The summed E-state index contributed by atoms with van der Waals surface area (Å²) in [5.74, 6) is -1.97. The fourth-order valence-corrected chi connectivity index (χ4v) is 1.62. The van der Waals surface area contributed by atoms with Gasteiger partial charge in [-0.2, -0.15) is 0 Å². The fourth-order valence-electron chi connectivity index (χ4n) is 1.62. The molecule has 7 heteroatoms. The molecule has 0 aliphatic heterocycles. The Kier molecular flexibility index (Phi) is 6.90. The van der Waals surface area contributed by atoms with Gasteiger partial charge in [0.05, 0.1) is 13.2 Å². The van der Waals surface area contributed by atoms with Crippen molar-refractivity contribution in [2.75, 3.05) is 33.4 Å². The number of carboxylic acids is 1. The predicted molar refractivity (Wildman–Crippen MR) is 74.9 cm³/mol. The van der Waals surface area contributed by atoms with Gasteiger partial charge in [0.15, 0.2) is 0 Å². The van der Waals surface area contributed by atoms with Gasteiger partial charge >= 0.3 is 5.97 Å². The first-order chi connectivity index (χ1) is 10.0. The van der Waals surface area contributed by atoms with Crippen LogP contribution in [0.15, 0.2) is 30.3 Å². The normalized spacial score (nSPS) is 9.95. The van der Waals surface area contributed by atoms with Crippen LogP contribution in [0.5, 0.6) is 0 Å². The summed E-state index contributed by atoms with van der Waals surface area (Å²) in [4.78, 5) is 35.5. The van der Waals surface area contributed by atoms with E-state index in [0.717, 1.165) is 4.90 Å². The number of hydrogen-bond donors (Lipinski definition) is 2. The van der Waals surface area contributed by atoms with E-state index in [9.17, 15) is 14.4 Å². The highest BCUT2D eigenvalue weighted by Gasteiger charge is 2.17. The van der Waals surface area contributed by atoms with Crippen LogP contribution in [-0.2, 0) is 14.3 Å². The molecule has 21 heavy (non-hydrogen) atoms. The van der Waals surface area contributed by atoms with Crippen LogP contribution in [-0.4, -0.2) is 61.1 Å². The molecule has 0 radical (unpaired) electrons. The maximum Gasteiger partial charge on any atom is 0.323 e. The van der Waals surface area contributed by atoms with Crippen LogP contribution in [0.4, 0.5) is 0 Å². The van der Waals surface area contributed by atoms with Gasteiger partial charge < -0.3 is 20.1 Å². The van der Waals surface area contributed by atoms with Crippen molar-refractivity contribution in [2.45, 2.75) is 0 Å². The number of rotatable bonds is 8. The minimum Gasteiger partial charge on any atom is -0.480 e. The smallest absolute Gasteiger partial charge is 0.323 e.